The molecule has 1 N–H and O–H groups in total. The lowest BCUT2D eigenvalue weighted by molar-refractivity contribution is 0.0175. The minimum absolute atomic E-state index is 0.295. The SMILES string of the molecule is [O]CC1CC(F)(F)CN1. The lowest BCUT2D eigenvalue weighted by Crippen LogP contribution is -2.24. The second kappa shape index (κ2) is 2.19. The molecule has 0 aromatic heterocycles. The predicted octanol–water partition coefficient (Wildman–Crippen LogP) is 0.414. The third-order valence-electron chi connectivity index (χ3n) is 1.40. The van der Waals surface area contributed by atoms with Gasteiger partial charge in [-0.2, -0.15) is 0 Å². The maximum atomic E-state index is 12.2. The van der Waals surface area contributed by atoms with Crippen LogP contribution in [0, 0.1) is 0 Å². The minimum atomic E-state index is -2.64. The lowest BCUT2D eigenvalue weighted by Gasteiger charge is -2.04. The predicted molar refractivity (Wildman–Crippen MR) is 26.9 cm³/mol. The molecule has 1 atom stereocenters. The van der Waals surface area contributed by atoms with Gasteiger partial charge in [0.1, 0.15) is 0 Å². The van der Waals surface area contributed by atoms with E-state index in [1.807, 2.05) is 0 Å². The van der Waals surface area contributed by atoms with Crippen molar-refractivity contribution in [1.82, 2.24) is 5.32 Å². The van der Waals surface area contributed by atoms with E-state index in [9.17, 15) is 13.9 Å². The summed E-state index contributed by atoms with van der Waals surface area (Å²) < 4.78 is 24.4. The third kappa shape index (κ3) is 1.59. The zero-order valence-corrected chi connectivity index (χ0v) is 4.86. The van der Waals surface area contributed by atoms with Crippen LogP contribution in [0.5, 0.6) is 0 Å². The maximum absolute atomic E-state index is 12.2. The molecule has 0 aliphatic carbocycles. The second-order valence-electron chi connectivity index (χ2n) is 2.30. The molecule has 4 heteroatoms. The molecule has 1 rings (SSSR count). The summed E-state index contributed by atoms with van der Waals surface area (Å²) in [4.78, 5) is 0. The first-order chi connectivity index (χ1) is 4.14. The smallest absolute Gasteiger partial charge is 0.261 e. The Morgan fingerprint density at radius 1 is 1.67 bits per heavy atom. The van der Waals surface area contributed by atoms with E-state index >= 15 is 0 Å². The number of halogens is 2. The topological polar surface area (TPSA) is 31.9 Å². The molecule has 2 nitrogen and oxygen atoms in total. The molecule has 0 aromatic rings. The van der Waals surface area contributed by atoms with Crippen molar-refractivity contribution in [2.45, 2.75) is 18.4 Å². The van der Waals surface area contributed by atoms with Gasteiger partial charge in [0, 0.05) is 12.5 Å². The zero-order valence-electron chi connectivity index (χ0n) is 4.86. The molecule has 1 fully saturated rings. The first-order valence-electron chi connectivity index (χ1n) is 2.83. The monoisotopic (exact) mass is 136 g/mol. The molecule has 1 saturated heterocycles. The van der Waals surface area contributed by atoms with Crippen LogP contribution in [0.15, 0.2) is 0 Å². The fourth-order valence-electron chi connectivity index (χ4n) is 0.916. The third-order valence-corrected chi connectivity index (χ3v) is 1.40. The van der Waals surface area contributed by atoms with Crippen molar-refractivity contribution in [2.75, 3.05) is 13.2 Å². The number of rotatable bonds is 1. The van der Waals surface area contributed by atoms with E-state index in [0.29, 0.717) is 0 Å². The Hall–Kier alpha value is -0.220. The summed E-state index contributed by atoms with van der Waals surface area (Å²) in [5.41, 5.74) is 0. The lowest BCUT2D eigenvalue weighted by atomic mass is 10.2. The Labute approximate surface area is 51.9 Å². The van der Waals surface area contributed by atoms with Gasteiger partial charge in [-0.25, -0.2) is 13.9 Å². The van der Waals surface area contributed by atoms with Crippen LogP contribution in [0.25, 0.3) is 0 Å². The van der Waals surface area contributed by atoms with E-state index in [2.05, 4.69) is 5.32 Å². The summed E-state index contributed by atoms with van der Waals surface area (Å²) in [5, 5.41) is 12.5. The van der Waals surface area contributed by atoms with Crippen LogP contribution < -0.4 is 5.32 Å². The molecule has 1 heterocycles. The van der Waals surface area contributed by atoms with Crippen LogP contribution in [0.4, 0.5) is 8.78 Å². The summed E-state index contributed by atoms with van der Waals surface area (Å²) in [5.74, 6) is -2.64. The van der Waals surface area contributed by atoms with E-state index in [0.717, 1.165) is 0 Å². The van der Waals surface area contributed by atoms with Gasteiger partial charge in [0.15, 0.2) is 0 Å². The van der Waals surface area contributed by atoms with Gasteiger partial charge in [0.05, 0.1) is 13.2 Å². The molecule has 0 saturated carbocycles. The fraction of sp³-hybridized carbons (Fsp3) is 1.00. The molecule has 1 unspecified atom stereocenters. The van der Waals surface area contributed by atoms with Crippen LogP contribution >= 0.6 is 0 Å². The second-order valence-corrected chi connectivity index (χ2v) is 2.30. The quantitative estimate of drug-likeness (QED) is 0.556. The highest BCUT2D eigenvalue weighted by atomic mass is 19.3. The van der Waals surface area contributed by atoms with Crippen LogP contribution in [0.1, 0.15) is 6.42 Å². The van der Waals surface area contributed by atoms with Crippen molar-refractivity contribution in [3.05, 3.63) is 0 Å². The summed E-state index contributed by atoms with van der Waals surface area (Å²) in [7, 11) is 0. The van der Waals surface area contributed by atoms with Crippen molar-refractivity contribution in [3.8, 4) is 0 Å². The van der Waals surface area contributed by atoms with Crippen molar-refractivity contribution in [2.24, 2.45) is 0 Å². The number of hydrogen-bond donors (Lipinski definition) is 1. The Morgan fingerprint density at radius 3 is 2.56 bits per heavy atom. The van der Waals surface area contributed by atoms with E-state index in [-0.39, 0.29) is 13.0 Å². The molecular weight excluding hydrogens is 128 g/mol. The van der Waals surface area contributed by atoms with Crippen molar-refractivity contribution >= 4 is 0 Å². The van der Waals surface area contributed by atoms with E-state index in [1.54, 1.807) is 0 Å². The minimum Gasteiger partial charge on any atom is -0.306 e. The van der Waals surface area contributed by atoms with Gasteiger partial charge in [-0.05, 0) is 0 Å². The van der Waals surface area contributed by atoms with Gasteiger partial charge in [-0.15, -0.1) is 0 Å². The van der Waals surface area contributed by atoms with Gasteiger partial charge < -0.3 is 5.32 Å². The van der Waals surface area contributed by atoms with Crippen LogP contribution in [-0.2, 0) is 5.11 Å². The van der Waals surface area contributed by atoms with Crippen LogP contribution in [0.3, 0.4) is 0 Å². The number of nitrogens with one attached hydrogen (secondary N) is 1. The van der Waals surface area contributed by atoms with Crippen molar-refractivity contribution < 1.29 is 13.9 Å². The Morgan fingerprint density at radius 2 is 2.33 bits per heavy atom. The zero-order chi connectivity index (χ0) is 6.91. The van der Waals surface area contributed by atoms with E-state index in [1.165, 1.54) is 0 Å². The Kier molecular flexibility index (Phi) is 1.68. The number of alkyl halides is 2. The highest BCUT2D eigenvalue weighted by Gasteiger charge is 2.38. The average molecular weight is 136 g/mol. The molecular formula is C5H8F2NO. The fourth-order valence-corrected chi connectivity index (χ4v) is 0.916. The normalized spacial score (nSPS) is 33.0. The molecule has 0 amide bonds. The van der Waals surface area contributed by atoms with E-state index in [4.69, 9.17) is 0 Å². The first-order valence-corrected chi connectivity index (χ1v) is 2.83. The summed E-state index contributed by atoms with van der Waals surface area (Å²) in [6.07, 6.45) is -0.295. The number of hydrogen-bond acceptors (Lipinski definition) is 1. The molecule has 0 bridgehead atoms. The van der Waals surface area contributed by atoms with Gasteiger partial charge >= 0.3 is 0 Å². The molecule has 53 valence electrons. The average Bonchev–Trinajstić information content (AvgIpc) is 2.10. The van der Waals surface area contributed by atoms with Gasteiger partial charge in [0.25, 0.3) is 5.92 Å². The Balaban J connectivity index is 2.38. The first kappa shape index (κ1) is 6.89. The summed E-state index contributed by atoms with van der Waals surface area (Å²) in [6, 6.07) is -0.514. The highest BCUT2D eigenvalue weighted by Crippen LogP contribution is 2.24. The van der Waals surface area contributed by atoms with Gasteiger partial charge in [-0.1, -0.05) is 0 Å². The molecule has 0 spiro atoms. The highest BCUT2D eigenvalue weighted by molar-refractivity contribution is 4.86. The summed E-state index contributed by atoms with van der Waals surface area (Å²) >= 11 is 0. The Bertz CT molecular complexity index is 107. The molecule has 0 aromatic carbocycles. The van der Waals surface area contributed by atoms with Crippen molar-refractivity contribution in [3.63, 3.8) is 0 Å². The largest absolute Gasteiger partial charge is 0.306 e. The molecule has 1 aliphatic rings. The van der Waals surface area contributed by atoms with Crippen LogP contribution in [0.2, 0.25) is 0 Å². The van der Waals surface area contributed by atoms with E-state index < -0.39 is 18.6 Å². The molecule has 9 heavy (non-hydrogen) atoms. The molecule has 1 aliphatic heterocycles. The maximum Gasteiger partial charge on any atom is 0.261 e. The van der Waals surface area contributed by atoms with Crippen molar-refractivity contribution in [1.29, 1.82) is 0 Å². The van der Waals surface area contributed by atoms with Gasteiger partial charge in [0.2, 0.25) is 0 Å². The van der Waals surface area contributed by atoms with Gasteiger partial charge in [-0.3, -0.25) is 0 Å². The molecule has 1 radical (unpaired) electrons. The standard InChI is InChI=1S/C5H8F2NO/c6-5(7)1-4(2-9)8-3-5/h4,8H,1-3H2. The van der Waals surface area contributed by atoms with Crippen LogP contribution in [-0.4, -0.2) is 25.1 Å². The summed E-state index contributed by atoms with van der Waals surface area (Å²) in [6.45, 7) is -0.782.